The number of aromatic nitrogens is 1. The largest absolute Gasteiger partial charge is 0.452 e. The second-order valence-corrected chi connectivity index (χ2v) is 6.54. The highest BCUT2D eigenvalue weighted by Crippen LogP contribution is 2.23. The van der Waals surface area contributed by atoms with E-state index in [4.69, 9.17) is 4.74 Å². The van der Waals surface area contributed by atoms with Gasteiger partial charge in [-0.15, -0.1) is 0 Å². The molecule has 1 heterocycles. The van der Waals surface area contributed by atoms with Crippen LogP contribution in [0.3, 0.4) is 0 Å². The van der Waals surface area contributed by atoms with E-state index in [-0.39, 0.29) is 18.6 Å². The summed E-state index contributed by atoms with van der Waals surface area (Å²) >= 11 is 0. The lowest BCUT2D eigenvalue weighted by atomic mass is 9.86. The highest BCUT2D eigenvalue weighted by Gasteiger charge is 2.23. The van der Waals surface area contributed by atoms with Gasteiger partial charge in [-0.2, -0.15) is 0 Å². The van der Waals surface area contributed by atoms with Gasteiger partial charge in [-0.1, -0.05) is 19.8 Å². The number of aryl methyl sites for hydroxylation is 1. The molecule has 0 radical (unpaired) electrons. The number of rotatable bonds is 5. The lowest BCUT2D eigenvalue weighted by Gasteiger charge is -2.29. The van der Waals surface area contributed by atoms with Gasteiger partial charge in [0.2, 0.25) is 0 Å². The quantitative estimate of drug-likeness (QED) is 0.849. The Labute approximate surface area is 138 Å². The Morgan fingerprint density at radius 2 is 2.00 bits per heavy atom. The number of carbonyl (C=O) groups excluding carboxylic acids is 2. The monoisotopic (exact) mass is 320 g/mol. The summed E-state index contributed by atoms with van der Waals surface area (Å²) in [7, 11) is 0. The van der Waals surface area contributed by atoms with E-state index in [1.165, 1.54) is 6.42 Å². The summed E-state index contributed by atoms with van der Waals surface area (Å²) in [6, 6.07) is 2.03. The molecule has 1 aromatic rings. The van der Waals surface area contributed by atoms with E-state index in [1.54, 1.807) is 0 Å². The molecule has 23 heavy (non-hydrogen) atoms. The van der Waals surface area contributed by atoms with Crippen molar-refractivity contribution in [3.05, 3.63) is 23.0 Å². The predicted molar refractivity (Wildman–Crippen MR) is 89.4 cm³/mol. The Balaban J connectivity index is 1.87. The van der Waals surface area contributed by atoms with Crippen LogP contribution in [0.1, 0.15) is 61.3 Å². The molecule has 0 spiro atoms. The normalized spacial score (nSPS) is 21.0. The van der Waals surface area contributed by atoms with E-state index in [1.807, 2.05) is 26.8 Å². The van der Waals surface area contributed by atoms with Gasteiger partial charge in [0.25, 0.3) is 5.91 Å². The van der Waals surface area contributed by atoms with Crippen molar-refractivity contribution in [2.24, 2.45) is 5.92 Å². The molecule has 5 nitrogen and oxygen atoms in total. The van der Waals surface area contributed by atoms with Crippen molar-refractivity contribution in [3.8, 4) is 0 Å². The lowest BCUT2D eigenvalue weighted by molar-refractivity contribution is -0.125. The average Bonchev–Trinajstić information content (AvgIpc) is 2.81. The van der Waals surface area contributed by atoms with Crippen molar-refractivity contribution in [2.75, 3.05) is 6.61 Å². The van der Waals surface area contributed by atoms with Crippen molar-refractivity contribution in [2.45, 2.75) is 66.0 Å². The number of ether oxygens (including phenoxy) is 1. The summed E-state index contributed by atoms with van der Waals surface area (Å²) in [5.41, 5.74) is 2.46. The molecular weight excluding hydrogens is 292 g/mol. The van der Waals surface area contributed by atoms with Crippen LogP contribution in [0, 0.1) is 19.8 Å². The van der Waals surface area contributed by atoms with Crippen molar-refractivity contribution < 1.29 is 14.3 Å². The molecule has 1 amide bonds. The zero-order valence-corrected chi connectivity index (χ0v) is 14.6. The minimum atomic E-state index is -0.426. The van der Waals surface area contributed by atoms with Crippen molar-refractivity contribution in [3.63, 3.8) is 0 Å². The van der Waals surface area contributed by atoms with Crippen LogP contribution in [-0.2, 0) is 16.1 Å². The van der Waals surface area contributed by atoms with Crippen LogP contribution in [0.5, 0.6) is 0 Å². The molecule has 1 N–H and O–H groups in total. The van der Waals surface area contributed by atoms with Gasteiger partial charge >= 0.3 is 5.97 Å². The van der Waals surface area contributed by atoms with Crippen molar-refractivity contribution in [1.29, 1.82) is 0 Å². The lowest BCUT2D eigenvalue weighted by Crippen LogP contribution is -2.42. The third-order valence-electron chi connectivity index (χ3n) is 4.90. The Morgan fingerprint density at radius 3 is 2.61 bits per heavy atom. The van der Waals surface area contributed by atoms with Crippen LogP contribution in [0.4, 0.5) is 0 Å². The maximum Gasteiger partial charge on any atom is 0.340 e. The molecule has 128 valence electrons. The molecule has 0 saturated heterocycles. The number of hydrogen-bond acceptors (Lipinski definition) is 3. The molecule has 5 heteroatoms. The molecule has 1 aliphatic carbocycles. The first-order valence-electron chi connectivity index (χ1n) is 8.57. The van der Waals surface area contributed by atoms with Gasteiger partial charge in [-0.05, 0) is 45.6 Å². The van der Waals surface area contributed by atoms with Gasteiger partial charge in [0, 0.05) is 24.0 Å². The summed E-state index contributed by atoms with van der Waals surface area (Å²) in [6.45, 7) is 8.66. The van der Waals surface area contributed by atoms with Crippen LogP contribution in [0.15, 0.2) is 6.07 Å². The summed E-state index contributed by atoms with van der Waals surface area (Å²) in [4.78, 5) is 24.2. The fourth-order valence-electron chi connectivity index (χ4n) is 3.48. The van der Waals surface area contributed by atoms with Gasteiger partial charge in [0.1, 0.15) is 0 Å². The van der Waals surface area contributed by atoms with Gasteiger partial charge in [-0.25, -0.2) is 4.79 Å². The second-order valence-electron chi connectivity index (χ2n) is 6.54. The molecule has 0 unspecified atom stereocenters. The predicted octanol–water partition coefficient (Wildman–Crippen LogP) is 2.98. The summed E-state index contributed by atoms with van der Waals surface area (Å²) in [6.07, 6.45) is 4.54. The molecule has 0 aromatic carbocycles. The molecule has 0 bridgehead atoms. The zero-order valence-electron chi connectivity index (χ0n) is 14.6. The number of nitrogens with one attached hydrogen (secondary N) is 1. The summed E-state index contributed by atoms with van der Waals surface area (Å²) < 4.78 is 7.25. The molecule has 1 aromatic heterocycles. The van der Waals surface area contributed by atoms with Gasteiger partial charge in [0.05, 0.1) is 5.56 Å². The first-order valence-corrected chi connectivity index (χ1v) is 8.57. The van der Waals surface area contributed by atoms with E-state index in [9.17, 15) is 9.59 Å². The number of esters is 1. The maximum absolute atomic E-state index is 12.2. The molecule has 1 aliphatic rings. The van der Waals surface area contributed by atoms with Gasteiger partial charge in [0.15, 0.2) is 6.61 Å². The highest BCUT2D eigenvalue weighted by atomic mass is 16.5. The zero-order chi connectivity index (χ0) is 17.0. The summed E-state index contributed by atoms with van der Waals surface area (Å²) in [5, 5.41) is 3.00. The number of carbonyl (C=O) groups is 2. The standard InChI is InChI=1S/C18H28N2O3/c1-5-20-13(3)10-15(14(20)4)18(22)23-11-17(21)19-16-9-7-6-8-12(16)2/h10,12,16H,5-9,11H2,1-4H3,(H,19,21)/t12-,16+/m0/s1. The number of nitrogens with zero attached hydrogens (tertiary/aromatic N) is 1. The minimum absolute atomic E-state index is 0.207. The topological polar surface area (TPSA) is 60.3 Å². The maximum atomic E-state index is 12.2. The van der Waals surface area contributed by atoms with Gasteiger partial charge in [-0.3, -0.25) is 4.79 Å². The number of hydrogen-bond donors (Lipinski definition) is 1. The first kappa shape index (κ1) is 17.6. The van der Waals surface area contributed by atoms with Crippen LogP contribution in [0.2, 0.25) is 0 Å². The van der Waals surface area contributed by atoms with E-state index in [0.717, 1.165) is 37.2 Å². The Hall–Kier alpha value is -1.78. The fourth-order valence-corrected chi connectivity index (χ4v) is 3.48. The number of amides is 1. The van der Waals surface area contributed by atoms with Crippen LogP contribution < -0.4 is 5.32 Å². The van der Waals surface area contributed by atoms with Crippen molar-refractivity contribution in [1.82, 2.24) is 9.88 Å². The minimum Gasteiger partial charge on any atom is -0.452 e. The van der Waals surface area contributed by atoms with E-state index >= 15 is 0 Å². The highest BCUT2D eigenvalue weighted by molar-refractivity contribution is 5.92. The molecule has 1 fully saturated rings. The second kappa shape index (κ2) is 7.66. The van der Waals surface area contributed by atoms with Crippen LogP contribution >= 0.6 is 0 Å². The average molecular weight is 320 g/mol. The third kappa shape index (κ3) is 4.15. The Bertz CT molecular complexity index is 577. The first-order chi connectivity index (χ1) is 10.9. The van der Waals surface area contributed by atoms with E-state index < -0.39 is 5.97 Å². The summed E-state index contributed by atoms with van der Waals surface area (Å²) in [5.74, 6) is -0.141. The Kier molecular flexibility index (Phi) is 5.85. The van der Waals surface area contributed by atoms with Gasteiger partial charge < -0.3 is 14.6 Å². The smallest absolute Gasteiger partial charge is 0.340 e. The van der Waals surface area contributed by atoms with Crippen LogP contribution in [-0.4, -0.2) is 29.1 Å². The van der Waals surface area contributed by atoms with E-state index in [2.05, 4.69) is 16.8 Å². The van der Waals surface area contributed by atoms with E-state index in [0.29, 0.717) is 11.5 Å². The van der Waals surface area contributed by atoms with Crippen molar-refractivity contribution >= 4 is 11.9 Å². The molecular formula is C18H28N2O3. The molecule has 2 atom stereocenters. The molecule has 1 saturated carbocycles. The fraction of sp³-hybridized carbons (Fsp3) is 0.667. The van der Waals surface area contributed by atoms with Crippen LogP contribution in [0.25, 0.3) is 0 Å². The Morgan fingerprint density at radius 1 is 1.30 bits per heavy atom. The SMILES string of the molecule is CCn1c(C)cc(C(=O)OCC(=O)N[C@@H]2CCCC[C@@H]2C)c1C. The third-order valence-corrected chi connectivity index (χ3v) is 4.90. The molecule has 0 aliphatic heterocycles. The molecule has 2 rings (SSSR count).